The number of nitrogens with one attached hydrogen (secondary N) is 1. The van der Waals surface area contributed by atoms with E-state index in [1.54, 1.807) is 12.1 Å². The van der Waals surface area contributed by atoms with E-state index in [2.05, 4.69) is 10.2 Å². The summed E-state index contributed by atoms with van der Waals surface area (Å²) in [6.45, 7) is 4.73. The molecule has 0 aliphatic carbocycles. The van der Waals surface area contributed by atoms with E-state index in [0.717, 1.165) is 30.3 Å². The first-order valence-electron chi connectivity index (χ1n) is 7.88. The monoisotopic (exact) mass is 348 g/mol. The van der Waals surface area contributed by atoms with Gasteiger partial charge in [0, 0.05) is 4.88 Å². The smallest absolute Gasteiger partial charge is 0.340 e. The van der Waals surface area contributed by atoms with Crippen LogP contribution in [0.15, 0.2) is 22.6 Å². The zero-order valence-electron chi connectivity index (χ0n) is 13.8. The second-order valence-electron chi connectivity index (χ2n) is 5.79. The molecular weight excluding hydrogens is 328 g/mol. The van der Waals surface area contributed by atoms with Crippen LogP contribution in [0, 0.1) is 6.92 Å². The Balaban J connectivity index is 1.69. The maximum Gasteiger partial charge on any atom is 0.340 e. The van der Waals surface area contributed by atoms with Gasteiger partial charge in [0.25, 0.3) is 5.91 Å². The van der Waals surface area contributed by atoms with Crippen LogP contribution in [-0.4, -0.2) is 37.0 Å². The van der Waals surface area contributed by atoms with Crippen molar-refractivity contribution in [1.82, 2.24) is 4.90 Å². The van der Waals surface area contributed by atoms with Gasteiger partial charge in [0.15, 0.2) is 5.76 Å². The lowest BCUT2D eigenvalue weighted by molar-refractivity contribution is 0.0602. The number of aryl methyl sites for hydroxylation is 1. The van der Waals surface area contributed by atoms with Crippen molar-refractivity contribution >= 4 is 28.2 Å². The third-order valence-electron chi connectivity index (χ3n) is 3.95. The average Bonchev–Trinajstić information content (AvgIpc) is 3.29. The molecule has 1 aliphatic heterocycles. The minimum atomic E-state index is -0.469. The van der Waals surface area contributed by atoms with Crippen LogP contribution >= 0.6 is 11.3 Å². The number of hydrogen-bond donors (Lipinski definition) is 1. The predicted octanol–water partition coefficient (Wildman–Crippen LogP) is 3.28. The van der Waals surface area contributed by atoms with Crippen LogP contribution in [0.1, 0.15) is 44.4 Å². The third kappa shape index (κ3) is 3.68. The van der Waals surface area contributed by atoms with E-state index < -0.39 is 5.97 Å². The van der Waals surface area contributed by atoms with Gasteiger partial charge in [-0.05, 0) is 51.1 Å². The number of hydrogen-bond acceptors (Lipinski definition) is 6. The highest BCUT2D eigenvalue weighted by atomic mass is 32.1. The molecule has 0 atom stereocenters. The van der Waals surface area contributed by atoms with E-state index in [0.29, 0.717) is 10.6 Å². The number of rotatable bonds is 5. The number of likely N-dealkylation sites (tertiary alicyclic amines) is 1. The maximum absolute atomic E-state index is 12.4. The Labute approximate surface area is 144 Å². The zero-order valence-corrected chi connectivity index (χ0v) is 14.6. The molecule has 0 saturated carbocycles. The van der Waals surface area contributed by atoms with Crippen molar-refractivity contribution in [3.05, 3.63) is 40.2 Å². The normalized spacial score (nSPS) is 14.8. The Kier molecular flexibility index (Phi) is 5.01. The van der Waals surface area contributed by atoms with E-state index in [4.69, 9.17) is 9.15 Å². The number of nitrogens with zero attached hydrogens (tertiary/aromatic N) is 1. The van der Waals surface area contributed by atoms with Crippen LogP contribution in [0.25, 0.3) is 0 Å². The Hall–Kier alpha value is -2.12. The van der Waals surface area contributed by atoms with Crippen LogP contribution in [0.3, 0.4) is 0 Å². The highest BCUT2D eigenvalue weighted by molar-refractivity contribution is 7.16. The van der Waals surface area contributed by atoms with Crippen molar-refractivity contribution < 1.29 is 18.7 Å². The second-order valence-corrected chi connectivity index (χ2v) is 7.05. The summed E-state index contributed by atoms with van der Waals surface area (Å²) >= 11 is 1.33. The van der Waals surface area contributed by atoms with Gasteiger partial charge in [-0.3, -0.25) is 9.69 Å². The zero-order chi connectivity index (χ0) is 17.1. The second kappa shape index (κ2) is 7.19. The molecule has 24 heavy (non-hydrogen) atoms. The van der Waals surface area contributed by atoms with Crippen LogP contribution in [0.5, 0.6) is 0 Å². The summed E-state index contributed by atoms with van der Waals surface area (Å²) in [6, 6.07) is 5.19. The van der Waals surface area contributed by atoms with Crippen LogP contribution in [0.4, 0.5) is 5.00 Å². The first-order valence-corrected chi connectivity index (χ1v) is 8.69. The van der Waals surface area contributed by atoms with Crippen molar-refractivity contribution in [2.75, 3.05) is 25.5 Å². The summed E-state index contributed by atoms with van der Waals surface area (Å²) in [6.07, 6.45) is 2.42. The van der Waals surface area contributed by atoms with Crippen LogP contribution in [-0.2, 0) is 11.3 Å². The highest BCUT2D eigenvalue weighted by Gasteiger charge is 2.20. The molecule has 7 heteroatoms. The van der Waals surface area contributed by atoms with Crippen LogP contribution < -0.4 is 5.32 Å². The molecule has 0 spiro atoms. The molecule has 0 aromatic carbocycles. The molecule has 1 fully saturated rings. The quantitative estimate of drug-likeness (QED) is 0.840. The molecule has 0 radical (unpaired) electrons. The summed E-state index contributed by atoms with van der Waals surface area (Å²) in [7, 11) is 1.32. The van der Waals surface area contributed by atoms with Gasteiger partial charge in [0.1, 0.15) is 10.8 Å². The number of amides is 1. The van der Waals surface area contributed by atoms with Gasteiger partial charge in [0.05, 0.1) is 19.2 Å². The first-order chi connectivity index (χ1) is 11.6. The van der Waals surface area contributed by atoms with Gasteiger partial charge in [0.2, 0.25) is 0 Å². The number of esters is 1. The molecule has 2 aromatic heterocycles. The number of carbonyl (C=O) groups is 2. The van der Waals surface area contributed by atoms with Gasteiger partial charge in [-0.2, -0.15) is 0 Å². The van der Waals surface area contributed by atoms with Gasteiger partial charge < -0.3 is 14.5 Å². The Morgan fingerprint density at radius 1 is 1.33 bits per heavy atom. The minimum absolute atomic E-state index is 0.242. The third-order valence-corrected chi connectivity index (χ3v) is 4.92. The fraction of sp³-hybridized carbons (Fsp3) is 0.412. The Morgan fingerprint density at radius 3 is 2.79 bits per heavy atom. The molecule has 0 unspecified atom stereocenters. The summed E-state index contributed by atoms with van der Waals surface area (Å²) in [5.41, 5.74) is 0.359. The molecule has 3 rings (SSSR count). The first kappa shape index (κ1) is 16.7. The van der Waals surface area contributed by atoms with Crippen molar-refractivity contribution in [3.63, 3.8) is 0 Å². The maximum atomic E-state index is 12.4. The molecule has 6 nitrogen and oxygen atoms in total. The number of ether oxygens (including phenoxy) is 1. The largest absolute Gasteiger partial charge is 0.465 e. The lowest BCUT2D eigenvalue weighted by Gasteiger charge is -2.11. The van der Waals surface area contributed by atoms with E-state index in [9.17, 15) is 9.59 Å². The van der Waals surface area contributed by atoms with Crippen LogP contribution in [0.2, 0.25) is 0 Å². The Bertz CT molecular complexity index is 744. The van der Waals surface area contributed by atoms with Gasteiger partial charge in [-0.25, -0.2) is 4.79 Å². The molecule has 3 heterocycles. The number of methoxy groups -OCH3 is 1. The Morgan fingerprint density at radius 2 is 2.08 bits per heavy atom. The average molecular weight is 348 g/mol. The summed E-state index contributed by atoms with van der Waals surface area (Å²) in [5, 5.41) is 3.22. The SMILES string of the molecule is COC(=O)c1cc(C)sc1NC(=O)c1ccc(CN2CCCC2)o1. The molecule has 0 bridgehead atoms. The van der Waals surface area contributed by atoms with E-state index in [1.807, 2.05) is 13.0 Å². The lowest BCUT2D eigenvalue weighted by atomic mass is 10.3. The fourth-order valence-electron chi connectivity index (χ4n) is 2.78. The molecule has 1 N–H and O–H groups in total. The van der Waals surface area contributed by atoms with Crippen molar-refractivity contribution in [1.29, 1.82) is 0 Å². The van der Waals surface area contributed by atoms with Gasteiger partial charge in [-0.15, -0.1) is 11.3 Å². The molecule has 2 aromatic rings. The number of carbonyl (C=O) groups excluding carboxylic acids is 2. The van der Waals surface area contributed by atoms with E-state index in [1.165, 1.54) is 31.3 Å². The summed E-state index contributed by atoms with van der Waals surface area (Å²) < 4.78 is 10.4. The fourth-order valence-corrected chi connectivity index (χ4v) is 3.67. The van der Waals surface area contributed by atoms with E-state index in [-0.39, 0.29) is 11.7 Å². The molecular formula is C17H20N2O4S. The number of anilines is 1. The highest BCUT2D eigenvalue weighted by Crippen LogP contribution is 2.29. The number of thiophene rings is 1. The van der Waals surface area contributed by atoms with Crippen molar-refractivity contribution in [3.8, 4) is 0 Å². The summed E-state index contributed by atoms with van der Waals surface area (Å²) in [4.78, 5) is 27.4. The molecule has 128 valence electrons. The van der Waals surface area contributed by atoms with Gasteiger partial charge in [-0.1, -0.05) is 0 Å². The number of furan rings is 1. The lowest BCUT2D eigenvalue weighted by Crippen LogP contribution is -2.18. The topological polar surface area (TPSA) is 71.8 Å². The van der Waals surface area contributed by atoms with Crippen molar-refractivity contribution in [2.24, 2.45) is 0 Å². The molecule has 1 aliphatic rings. The molecule has 1 saturated heterocycles. The predicted molar refractivity (Wildman–Crippen MR) is 91.6 cm³/mol. The summed E-state index contributed by atoms with van der Waals surface area (Å²) in [5.74, 6) is 0.183. The minimum Gasteiger partial charge on any atom is -0.465 e. The van der Waals surface area contributed by atoms with Crippen molar-refractivity contribution in [2.45, 2.75) is 26.3 Å². The van der Waals surface area contributed by atoms with E-state index >= 15 is 0 Å². The standard InChI is InChI=1S/C17H20N2O4S/c1-11-9-13(17(21)22-2)16(24-11)18-15(20)14-6-5-12(23-14)10-19-7-3-4-8-19/h5-6,9H,3-4,7-8,10H2,1-2H3,(H,18,20). The molecule has 1 amide bonds. The van der Waals surface area contributed by atoms with Gasteiger partial charge >= 0.3 is 5.97 Å².